The third kappa shape index (κ3) is 2.07. The van der Waals surface area contributed by atoms with Crippen molar-refractivity contribution in [1.82, 2.24) is 5.32 Å². The average molecular weight is 189 g/mol. The van der Waals surface area contributed by atoms with E-state index >= 15 is 0 Å². The van der Waals surface area contributed by atoms with Crippen molar-refractivity contribution in [3.63, 3.8) is 0 Å². The van der Waals surface area contributed by atoms with Crippen LogP contribution in [0.2, 0.25) is 0 Å². The number of rotatable bonds is 1. The fourth-order valence-electron chi connectivity index (χ4n) is 1.76. The van der Waals surface area contributed by atoms with Gasteiger partial charge in [-0.1, -0.05) is 13.8 Å². The van der Waals surface area contributed by atoms with Gasteiger partial charge in [0.05, 0.1) is 0 Å². The van der Waals surface area contributed by atoms with Crippen LogP contribution in [-0.4, -0.2) is 27.3 Å². The van der Waals surface area contributed by atoms with Crippen molar-refractivity contribution in [1.29, 1.82) is 0 Å². The molecule has 0 bridgehead atoms. The predicted molar refractivity (Wildman–Crippen MR) is 53.8 cm³/mol. The summed E-state index contributed by atoms with van der Waals surface area (Å²) in [4.78, 5) is 0. The van der Waals surface area contributed by atoms with Crippen LogP contribution in [0.25, 0.3) is 0 Å². The number of hydrogen-bond acceptors (Lipinski definition) is 2. The highest BCUT2D eigenvalue weighted by atomic mass is 32.2. The molecule has 0 saturated carbocycles. The van der Waals surface area contributed by atoms with Crippen LogP contribution in [0.3, 0.4) is 0 Å². The third-order valence-electron chi connectivity index (χ3n) is 2.73. The lowest BCUT2D eigenvalue weighted by atomic mass is 10.1. The van der Waals surface area contributed by atoms with Crippen LogP contribution in [0.15, 0.2) is 0 Å². The Kier molecular flexibility index (Phi) is 3.72. The minimum absolute atomic E-state index is 0.312. The summed E-state index contributed by atoms with van der Waals surface area (Å²) in [5, 5.41) is 4.13. The first-order valence-corrected chi connectivity index (χ1v) is 6.07. The Bertz CT molecular complexity index is 172. The summed E-state index contributed by atoms with van der Waals surface area (Å²) in [7, 11) is -0.640. The van der Waals surface area contributed by atoms with Gasteiger partial charge in [-0.3, -0.25) is 4.21 Å². The molecular weight excluding hydrogens is 170 g/mol. The maximum atomic E-state index is 11.8. The van der Waals surface area contributed by atoms with E-state index in [0.29, 0.717) is 16.5 Å². The van der Waals surface area contributed by atoms with Crippen LogP contribution in [0.1, 0.15) is 33.6 Å². The summed E-state index contributed by atoms with van der Waals surface area (Å²) in [6, 6.07) is 0.454. The van der Waals surface area contributed by atoms with Gasteiger partial charge >= 0.3 is 0 Å². The van der Waals surface area contributed by atoms with Crippen LogP contribution < -0.4 is 5.32 Å². The minimum atomic E-state index is -0.640. The second-order valence-corrected chi connectivity index (χ2v) is 5.81. The number of nitrogens with one attached hydrogen (secondary N) is 1. The Morgan fingerprint density at radius 1 is 1.50 bits per heavy atom. The van der Waals surface area contributed by atoms with Gasteiger partial charge in [0.2, 0.25) is 0 Å². The van der Waals surface area contributed by atoms with Gasteiger partial charge in [-0.2, -0.15) is 0 Å². The molecule has 1 saturated heterocycles. The fourth-order valence-corrected chi connectivity index (χ4v) is 3.45. The van der Waals surface area contributed by atoms with Gasteiger partial charge in [-0.05, 0) is 26.3 Å². The molecule has 1 rings (SSSR count). The standard InChI is InChI=1S/C9H19NOS/c1-4-9-8(3)12(11)7(2)5-6-10-9/h7-10H,4-6H2,1-3H3. The first-order valence-electron chi connectivity index (χ1n) is 4.79. The van der Waals surface area contributed by atoms with Crippen LogP contribution in [0.5, 0.6) is 0 Å². The maximum absolute atomic E-state index is 11.8. The third-order valence-corrected chi connectivity index (χ3v) is 4.82. The summed E-state index contributed by atoms with van der Waals surface area (Å²) in [5.74, 6) is 0. The number of hydrogen-bond donors (Lipinski definition) is 1. The van der Waals surface area contributed by atoms with Crippen LogP contribution in [0, 0.1) is 0 Å². The van der Waals surface area contributed by atoms with Gasteiger partial charge in [0, 0.05) is 27.3 Å². The van der Waals surface area contributed by atoms with E-state index in [0.717, 1.165) is 19.4 Å². The van der Waals surface area contributed by atoms with E-state index in [1.165, 1.54) is 0 Å². The highest BCUT2D eigenvalue weighted by Crippen LogP contribution is 2.16. The molecule has 1 heterocycles. The Hall–Kier alpha value is 0.110. The molecule has 3 heteroatoms. The fraction of sp³-hybridized carbons (Fsp3) is 1.00. The quantitative estimate of drug-likeness (QED) is 0.673. The first kappa shape index (κ1) is 10.2. The van der Waals surface area contributed by atoms with Crippen molar-refractivity contribution in [3.8, 4) is 0 Å². The highest BCUT2D eigenvalue weighted by Gasteiger charge is 2.27. The van der Waals surface area contributed by atoms with E-state index in [1.54, 1.807) is 0 Å². The van der Waals surface area contributed by atoms with Crippen molar-refractivity contribution in [2.75, 3.05) is 6.54 Å². The zero-order chi connectivity index (χ0) is 9.14. The normalized spacial score (nSPS) is 43.9. The summed E-state index contributed by atoms with van der Waals surface area (Å²) in [6.07, 6.45) is 2.13. The zero-order valence-electron chi connectivity index (χ0n) is 8.17. The summed E-state index contributed by atoms with van der Waals surface area (Å²) < 4.78 is 11.8. The van der Waals surface area contributed by atoms with Crippen molar-refractivity contribution < 1.29 is 4.21 Å². The molecule has 4 atom stereocenters. The molecule has 0 spiro atoms. The van der Waals surface area contributed by atoms with Crippen molar-refractivity contribution in [2.45, 2.75) is 50.2 Å². The Morgan fingerprint density at radius 2 is 2.17 bits per heavy atom. The summed E-state index contributed by atoms with van der Waals surface area (Å²) in [5.41, 5.74) is 0. The molecule has 0 aliphatic carbocycles. The zero-order valence-corrected chi connectivity index (χ0v) is 8.99. The van der Waals surface area contributed by atoms with Crippen LogP contribution in [-0.2, 0) is 10.8 Å². The van der Waals surface area contributed by atoms with E-state index in [-0.39, 0.29) is 0 Å². The Morgan fingerprint density at radius 3 is 2.75 bits per heavy atom. The topological polar surface area (TPSA) is 29.1 Å². The predicted octanol–water partition coefficient (Wildman–Crippen LogP) is 1.28. The van der Waals surface area contributed by atoms with Gasteiger partial charge in [-0.15, -0.1) is 0 Å². The van der Waals surface area contributed by atoms with E-state index in [9.17, 15) is 4.21 Å². The molecule has 0 amide bonds. The lowest BCUT2D eigenvalue weighted by molar-refractivity contribution is 0.497. The molecule has 0 aromatic carbocycles. The van der Waals surface area contributed by atoms with E-state index in [1.807, 2.05) is 0 Å². The maximum Gasteiger partial charge on any atom is 0.0475 e. The first-order chi connectivity index (χ1) is 5.66. The SMILES string of the molecule is CCC1NCCC(C)S(=O)C1C. The Labute approximate surface area is 77.6 Å². The molecular formula is C9H19NOS. The molecule has 1 fully saturated rings. The summed E-state index contributed by atoms with van der Waals surface area (Å²) >= 11 is 0. The lowest BCUT2D eigenvalue weighted by Gasteiger charge is -2.20. The minimum Gasteiger partial charge on any atom is -0.313 e. The molecule has 4 unspecified atom stereocenters. The van der Waals surface area contributed by atoms with Gasteiger partial charge < -0.3 is 5.32 Å². The van der Waals surface area contributed by atoms with Crippen LogP contribution >= 0.6 is 0 Å². The van der Waals surface area contributed by atoms with E-state index in [2.05, 4.69) is 26.1 Å². The Balaban J connectivity index is 2.66. The van der Waals surface area contributed by atoms with Crippen molar-refractivity contribution in [2.24, 2.45) is 0 Å². The van der Waals surface area contributed by atoms with E-state index < -0.39 is 10.8 Å². The molecule has 0 aromatic heterocycles. The average Bonchev–Trinajstić information content (AvgIpc) is 2.19. The molecule has 0 radical (unpaired) electrons. The molecule has 2 nitrogen and oxygen atoms in total. The van der Waals surface area contributed by atoms with Gasteiger partial charge in [0.1, 0.15) is 0 Å². The monoisotopic (exact) mass is 189 g/mol. The molecule has 12 heavy (non-hydrogen) atoms. The van der Waals surface area contributed by atoms with E-state index in [4.69, 9.17) is 0 Å². The molecule has 1 aliphatic rings. The highest BCUT2D eigenvalue weighted by molar-refractivity contribution is 7.86. The van der Waals surface area contributed by atoms with Crippen LogP contribution in [0.4, 0.5) is 0 Å². The van der Waals surface area contributed by atoms with Crippen molar-refractivity contribution >= 4 is 10.8 Å². The largest absolute Gasteiger partial charge is 0.313 e. The molecule has 1 aliphatic heterocycles. The second-order valence-electron chi connectivity index (χ2n) is 3.60. The molecule has 0 aromatic rings. The lowest BCUT2D eigenvalue weighted by Crippen LogP contribution is -2.38. The van der Waals surface area contributed by atoms with Crippen molar-refractivity contribution in [3.05, 3.63) is 0 Å². The smallest absolute Gasteiger partial charge is 0.0475 e. The van der Waals surface area contributed by atoms with Gasteiger partial charge in [0.25, 0.3) is 0 Å². The second kappa shape index (κ2) is 4.38. The van der Waals surface area contributed by atoms with Gasteiger partial charge in [-0.25, -0.2) is 0 Å². The molecule has 1 N–H and O–H groups in total. The summed E-state index contributed by atoms with van der Waals surface area (Å²) in [6.45, 7) is 7.36. The molecule has 72 valence electrons. The van der Waals surface area contributed by atoms with Gasteiger partial charge in [0.15, 0.2) is 0 Å².